The Morgan fingerprint density at radius 1 is 0.968 bits per heavy atom. The average molecular weight is 433 g/mol. The molecule has 2 aromatic heterocycles. The first-order valence-corrected chi connectivity index (χ1v) is 10.9. The predicted molar refractivity (Wildman–Crippen MR) is 124 cm³/mol. The third-order valence-corrected chi connectivity index (χ3v) is 5.92. The van der Waals surface area contributed by atoms with Crippen LogP contribution in [-0.2, 0) is 18.9 Å². The minimum atomic E-state index is -0.0832. The van der Waals surface area contributed by atoms with E-state index in [2.05, 4.69) is 51.8 Å². The minimum Gasteiger partial charge on any atom is -0.325 e. The van der Waals surface area contributed by atoms with Gasteiger partial charge in [0.2, 0.25) is 5.91 Å². The second-order valence-corrected chi connectivity index (χ2v) is 8.44. The molecule has 0 saturated heterocycles. The fourth-order valence-corrected chi connectivity index (χ4v) is 3.93. The molecule has 8 heteroatoms. The molecule has 2 aromatic carbocycles. The van der Waals surface area contributed by atoms with Crippen LogP contribution < -0.4 is 5.32 Å². The van der Waals surface area contributed by atoms with Gasteiger partial charge in [0.25, 0.3) is 0 Å². The third-order valence-electron chi connectivity index (χ3n) is 4.90. The molecule has 158 valence electrons. The van der Waals surface area contributed by atoms with Gasteiger partial charge in [-0.05, 0) is 26.0 Å². The van der Waals surface area contributed by atoms with E-state index < -0.39 is 0 Å². The van der Waals surface area contributed by atoms with Crippen molar-refractivity contribution in [2.24, 2.45) is 14.1 Å². The van der Waals surface area contributed by atoms with E-state index in [1.807, 2.05) is 56.0 Å². The number of carbonyl (C=O) groups is 1. The number of anilines is 1. The molecule has 0 aliphatic rings. The first-order chi connectivity index (χ1) is 14.9. The lowest BCUT2D eigenvalue weighted by molar-refractivity contribution is -0.113. The van der Waals surface area contributed by atoms with Gasteiger partial charge in [-0.25, -0.2) is 0 Å². The van der Waals surface area contributed by atoms with E-state index in [9.17, 15) is 4.79 Å². The second kappa shape index (κ2) is 8.77. The molecular formula is C23H24N6OS. The van der Waals surface area contributed by atoms with Crippen molar-refractivity contribution >= 4 is 23.4 Å². The van der Waals surface area contributed by atoms with Gasteiger partial charge in [0.1, 0.15) is 5.69 Å². The van der Waals surface area contributed by atoms with E-state index in [0.29, 0.717) is 11.0 Å². The van der Waals surface area contributed by atoms with Crippen LogP contribution in [0.25, 0.3) is 22.6 Å². The molecule has 0 saturated carbocycles. The molecule has 0 aliphatic carbocycles. The van der Waals surface area contributed by atoms with Gasteiger partial charge < -0.3 is 9.88 Å². The lowest BCUT2D eigenvalue weighted by Gasteiger charge is -2.06. The maximum Gasteiger partial charge on any atom is 0.234 e. The Labute approximate surface area is 185 Å². The molecule has 31 heavy (non-hydrogen) atoms. The quantitative estimate of drug-likeness (QED) is 0.461. The van der Waals surface area contributed by atoms with Crippen molar-refractivity contribution in [2.45, 2.75) is 19.0 Å². The Morgan fingerprint density at radius 3 is 2.29 bits per heavy atom. The van der Waals surface area contributed by atoms with Crippen LogP contribution >= 0.6 is 11.8 Å². The number of aryl methyl sites for hydroxylation is 3. The van der Waals surface area contributed by atoms with Gasteiger partial charge in [-0.3, -0.25) is 9.48 Å². The number of benzene rings is 2. The van der Waals surface area contributed by atoms with Gasteiger partial charge in [0.15, 0.2) is 11.0 Å². The Hall–Kier alpha value is -3.39. The van der Waals surface area contributed by atoms with Gasteiger partial charge in [0.05, 0.1) is 11.3 Å². The summed E-state index contributed by atoms with van der Waals surface area (Å²) in [6, 6.07) is 16.0. The molecule has 4 rings (SSSR count). The molecule has 4 aromatic rings. The molecular weight excluding hydrogens is 408 g/mol. The van der Waals surface area contributed by atoms with Gasteiger partial charge in [-0.2, -0.15) is 5.10 Å². The van der Waals surface area contributed by atoms with Crippen LogP contribution in [0.2, 0.25) is 0 Å². The zero-order valence-corrected chi connectivity index (χ0v) is 18.8. The van der Waals surface area contributed by atoms with E-state index in [0.717, 1.165) is 28.1 Å². The third kappa shape index (κ3) is 4.69. The number of thioether (sulfide) groups is 1. The van der Waals surface area contributed by atoms with Crippen LogP contribution in [-0.4, -0.2) is 36.2 Å². The summed E-state index contributed by atoms with van der Waals surface area (Å²) in [6.45, 7) is 4.07. The lowest BCUT2D eigenvalue weighted by Crippen LogP contribution is -2.14. The molecule has 0 unspecified atom stereocenters. The number of nitrogens with zero attached hydrogens (tertiary/aromatic N) is 5. The number of carbonyl (C=O) groups excluding carboxylic acids is 1. The summed E-state index contributed by atoms with van der Waals surface area (Å²) >= 11 is 1.35. The highest BCUT2D eigenvalue weighted by Crippen LogP contribution is 2.31. The number of rotatable bonds is 6. The Morgan fingerprint density at radius 2 is 1.61 bits per heavy atom. The fourth-order valence-electron chi connectivity index (χ4n) is 3.22. The summed E-state index contributed by atoms with van der Waals surface area (Å²) in [7, 11) is 3.80. The summed E-state index contributed by atoms with van der Waals surface area (Å²) in [5.41, 5.74) is 5.91. The van der Waals surface area contributed by atoms with Crippen molar-refractivity contribution in [2.75, 3.05) is 11.1 Å². The number of nitrogens with one attached hydrogen (secondary N) is 1. The van der Waals surface area contributed by atoms with E-state index in [-0.39, 0.29) is 11.7 Å². The average Bonchev–Trinajstić information content (AvgIpc) is 3.31. The van der Waals surface area contributed by atoms with Crippen LogP contribution in [0.3, 0.4) is 0 Å². The monoisotopic (exact) mass is 432 g/mol. The highest BCUT2D eigenvalue weighted by atomic mass is 32.2. The molecule has 0 bridgehead atoms. The van der Waals surface area contributed by atoms with Gasteiger partial charge in [0, 0.05) is 31.5 Å². The number of hydrogen-bond donors (Lipinski definition) is 1. The van der Waals surface area contributed by atoms with Crippen LogP contribution in [0, 0.1) is 13.8 Å². The predicted octanol–water partition coefficient (Wildman–Crippen LogP) is 4.23. The highest BCUT2D eigenvalue weighted by molar-refractivity contribution is 7.99. The summed E-state index contributed by atoms with van der Waals surface area (Å²) in [6.07, 6.45) is 1.94. The molecule has 0 spiro atoms. The second-order valence-electron chi connectivity index (χ2n) is 7.50. The fraction of sp³-hybridized carbons (Fsp3) is 0.217. The lowest BCUT2D eigenvalue weighted by atomic mass is 10.1. The first-order valence-electron chi connectivity index (χ1n) is 9.90. The molecule has 7 nitrogen and oxygen atoms in total. The summed E-state index contributed by atoms with van der Waals surface area (Å²) < 4.78 is 3.68. The van der Waals surface area contributed by atoms with Crippen molar-refractivity contribution in [3.63, 3.8) is 0 Å². The number of amides is 1. The summed E-state index contributed by atoms with van der Waals surface area (Å²) in [4.78, 5) is 12.3. The van der Waals surface area contributed by atoms with Gasteiger partial charge in [-0.15, -0.1) is 10.2 Å². The summed E-state index contributed by atoms with van der Waals surface area (Å²) in [5, 5.41) is 16.9. The smallest absolute Gasteiger partial charge is 0.234 e. The number of aromatic nitrogens is 5. The zero-order valence-electron chi connectivity index (χ0n) is 18.0. The van der Waals surface area contributed by atoms with E-state index in [1.165, 1.54) is 17.3 Å². The van der Waals surface area contributed by atoms with E-state index >= 15 is 0 Å². The van der Waals surface area contributed by atoms with Crippen LogP contribution in [0.1, 0.15) is 11.1 Å². The zero-order chi connectivity index (χ0) is 22.0. The molecule has 2 heterocycles. The van der Waals surface area contributed by atoms with Crippen LogP contribution in [0.15, 0.2) is 59.9 Å². The van der Waals surface area contributed by atoms with Crippen molar-refractivity contribution in [3.05, 3.63) is 65.9 Å². The van der Waals surface area contributed by atoms with Crippen LogP contribution in [0.5, 0.6) is 0 Å². The molecule has 0 fully saturated rings. The van der Waals surface area contributed by atoms with Crippen molar-refractivity contribution in [3.8, 4) is 22.6 Å². The molecule has 0 aliphatic heterocycles. The Bertz CT molecular complexity index is 1210. The standard InChI is InChI=1S/C23H24N6OS/c1-15-5-9-17(10-6-15)21-19(13-28(3)27-21)22-25-26-23(29(22)4)31-14-20(30)24-18-11-7-16(2)8-12-18/h5-13H,14H2,1-4H3,(H,24,30). The Balaban J connectivity index is 1.50. The van der Waals surface area contributed by atoms with Crippen molar-refractivity contribution in [1.29, 1.82) is 0 Å². The van der Waals surface area contributed by atoms with Crippen molar-refractivity contribution < 1.29 is 4.79 Å². The molecule has 0 atom stereocenters. The normalized spacial score (nSPS) is 11.0. The topological polar surface area (TPSA) is 77.6 Å². The first kappa shape index (κ1) is 20.9. The maximum absolute atomic E-state index is 12.3. The van der Waals surface area contributed by atoms with Gasteiger partial charge in [-0.1, -0.05) is 59.3 Å². The Kier molecular flexibility index (Phi) is 5.90. The summed E-state index contributed by atoms with van der Waals surface area (Å²) in [5.74, 6) is 0.878. The minimum absolute atomic E-state index is 0.0832. The van der Waals surface area contributed by atoms with Crippen molar-refractivity contribution in [1.82, 2.24) is 24.5 Å². The molecule has 1 N–H and O–H groups in total. The molecule has 1 amide bonds. The highest BCUT2D eigenvalue weighted by Gasteiger charge is 2.19. The SMILES string of the molecule is Cc1ccc(NC(=O)CSc2nnc(-c3cn(C)nc3-c3ccc(C)cc3)n2C)cc1. The largest absolute Gasteiger partial charge is 0.325 e. The van der Waals surface area contributed by atoms with Gasteiger partial charge >= 0.3 is 0 Å². The number of hydrogen-bond acceptors (Lipinski definition) is 5. The van der Waals surface area contributed by atoms with E-state index in [4.69, 9.17) is 0 Å². The molecule has 0 radical (unpaired) electrons. The van der Waals surface area contributed by atoms with E-state index in [1.54, 1.807) is 4.68 Å². The maximum atomic E-state index is 12.3. The van der Waals surface area contributed by atoms with Crippen LogP contribution in [0.4, 0.5) is 5.69 Å².